The van der Waals surface area contributed by atoms with Crippen molar-refractivity contribution in [2.24, 2.45) is 0 Å². The van der Waals surface area contributed by atoms with Gasteiger partial charge in [-0.25, -0.2) is 0 Å². The van der Waals surface area contributed by atoms with Gasteiger partial charge in [-0.3, -0.25) is 10.6 Å². The Labute approximate surface area is 135 Å². The zero-order valence-corrected chi connectivity index (χ0v) is 14.5. The van der Waals surface area contributed by atoms with Gasteiger partial charge in [-0.2, -0.15) is 0 Å². The molecule has 0 amide bonds. The summed E-state index contributed by atoms with van der Waals surface area (Å²) >= 11 is 3.47. The monoisotopic (exact) mass is 347 g/mol. The van der Waals surface area contributed by atoms with Crippen molar-refractivity contribution in [2.75, 3.05) is 21.1 Å². The van der Waals surface area contributed by atoms with Gasteiger partial charge in [0.05, 0.1) is 0 Å². The average Bonchev–Trinajstić information content (AvgIpc) is 2.50. The summed E-state index contributed by atoms with van der Waals surface area (Å²) in [4.78, 5) is 0. The van der Waals surface area contributed by atoms with Gasteiger partial charge in [0.25, 0.3) is 0 Å². The molecule has 0 saturated heterocycles. The molecule has 2 rings (SSSR count). The zero-order valence-electron chi connectivity index (χ0n) is 12.9. The summed E-state index contributed by atoms with van der Waals surface area (Å²) in [5, 5.41) is 9.98. The van der Waals surface area contributed by atoms with Crippen LogP contribution in [0, 0.1) is 0 Å². The Hall–Kier alpha value is -1.36. The number of likely N-dealkylation sites (N-methyl/N-ethyl adjacent to an activating group) is 3. The van der Waals surface area contributed by atoms with Crippen molar-refractivity contribution in [1.82, 2.24) is 16.0 Å². The first kappa shape index (κ1) is 16.0. The zero-order chi connectivity index (χ0) is 15.5. The Balaban J connectivity index is 2.43. The summed E-state index contributed by atoms with van der Waals surface area (Å²) in [6.45, 7) is 2.13. The van der Waals surface area contributed by atoms with E-state index in [0.29, 0.717) is 0 Å². The largest absolute Gasteiger partial charge is 0.388 e. The van der Waals surface area contributed by atoms with Crippen LogP contribution in [0.5, 0.6) is 0 Å². The molecule has 1 aliphatic rings. The lowest BCUT2D eigenvalue weighted by atomic mass is 9.89. The minimum Gasteiger partial charge on any atom is -0.388 e. The SMILES string of the molecule is CNC1=CC(NC)(NC)C(C)=CC1=Cc1ccc(Br)cc1. The second kappa shape index (κ2) is 6.60. The van der Waals surface area contributed by atoms with Crippen molar-refractivity contribution in [3.8, 4) is 0 Å². The van der Waals surface area contributed by atoms with Crippen molar-refractivity contribution in [3.63, 3.8) is 0 Å². The Morgan fingerprint density at radius 3 is 2.19 bits per heavy atom. The Morgan fingerprint density at radius 2 is 1.67 bits per heavy atom. The minimum absolute atomic E-state index is 0.296. The van der Waals surface area contributed by atoms with E-state index in [1.807, 2.05) is 21.1 Å². The third kappa shape index (κ3) is 3.28. The Morgan fingerprint density at radius 1 is 1.05 bits per heavy atom. The molecule has 21 heavy (non-hydrogen) atoms. The van der Waals surface area contributed by atoms with Gasteiger partial charge in [-0.15, -0.1) is 0 Å². The standard InChI is InChI=1S/C17H22BrN3/c1-12-9-14(10-13-5-7-15(18)8-6-13)16(19-2)11-17(12,20-3)21-4/h5-11,19-21H,1-4H3. The fourth-order valence-corrected chi connectivity index (χ4v) is 2.84. The summed E-state index contributed by atoms with van der Waals surface area (Å²) in [5.41, 5.74) is 4.40. The van der Waals surface area contributed by atoms with E-state index in [1.165, 1.54) is 16.7 Å². The fraction of sp³-hybridized carbons (Fsp3) is 0.294. The van der Waals surface area contributed by atoms with Gasteiger partial charge in [-0.1, -0.05) is 34.1 Å². The molecule has 0 saturated carbocycles. The smallest absolute Gasteiger partial charge is 0.112 e. The number of rotatable bonds is 4. The number of hydrogen-bond donors (Lipinski definition) is 3. The van der Waals surface area contributed by atoms with Crippen LogP contribution >= 0.6 is 15.9 Å². The molecule has 0 unspecified atom stereocenters. The average molecular weight is 348 g/mol. The molecule has 112 valence electrons. The number of allylic oxidation sites excluding steroid dienone is 1. The van der Waals surface area contributed by atoms with Crippen molar-refractivity contribution in [1.29, 1.82) is 0 Å². The highest BCUT2D eigenvalue weighted by atomic mass is 79.9. The van der Waals surface area contributed by atoms with Crippen molar-refractivity contribution in [2.45, 2.75) is 12.6 Å². The van der Waals surface area contributed by atoms with Gasteiger partial charge in [0.1, 0.15) is 5.66 Å². The van der Waals surface area contributed by atoms with E-state index in [9.17, 15) is 0 Å². The second-order valence-electron chi connectivity index (χ2n) is 5.09. The molecule has 0 aromatic heterocycles. The summed E-state index contributed by atoms with van der Waals surface area (Å²) in [6.07, 6.45) is 6.58. The molecule has 0 bridgehead atoms. The molecule has 0 aliphatic heterocycles. The highest BCUT2D eigenvalue weighted by Crippen LogP contribution is 2.28. The maximum atomic E-state index is 3.47. The number of benzene rings is 1. The van der Waals surface area contributed by atoms with Crippen LogP contribution in [-0.4, -0.2) is 26.8 Å². The summed E-state index contributed by atoms with van der Waals surface area (Å²) in [5.74, 6) is 0. The van der Waals surface area contributed by atoms with Crippen LogP contribution < -0.4 is 16.0 Å². The van der Waals surface area contributed by atoms with Crippen LogP contribution in [-0.2, 0) is 0 Å². The normalized spacial score (nSPS) is 19.2. The van der Waals surface area contributed by atoms with Gasteiger partial charge in [0, 0.05) is 17.2 Å². The van der Waals surface area contributed by atoms with Gasteiger partial charge in [0.2, 0.25) is 0 Å². The number of hydrogen-bond acceptors (Lipinski definition) is 3. The van der Waals surface area contributed by atoms with Crippen molar-refractivity contribution >= 4 is 22.0 Å². The molecule has 1 aromatic rings. The van der Waals surface area contributed by atoms with Crippen LogP contribution in [0.25, 0.3) is 6.08 Å². The van der Waals surface area contributed by atoms with Gasteiger partial charge in [-0.05, 0) is 62.0 Å². The molecule has 0 atom stereocenters. The molecule has 1 aromatic carbocycles. The first-order valence-corrected chi connectivity index (χ1v) is 7.79. The Kier molecular flexibility index (Phi) is 5.04. The molecular weight excluding hydrogens is 326 g/mol. The maximum absolute atomic E-state index is 3.47. The molecule has 3 N–H and O–H groups in total. The van der Waals surface area contributed by atoms with Gasteiger partial charge >= 0.3 is 0 Å². The Bertz CT molecular complexity index is 593. The van der Waals surface area contributed by atoms with E-state index in [1.54, 1.807) is 0 Å². The van der Waals surface area contributed by atoms with Crippen molar-refractivity contribution in [3.05, 3.63) is 63.3 Å². The van der Waals surface area contributed by atoms with Crippen LogP contribution in [0.15, 0.2) is 57.7 Å². The predicted molar refractivity (Wildman–Crippen MR) is 93.9 cm³/mol. The predicted octanol–water partition coefficient (Wildman–Crippen LogP) is 3.03. The molecule has 1 aliphatic carbocycles. The van der Waals surface area contributed by atoms with E-state index in [2.05, 4.69) is 81.3 Å². The molecule has 3 nitrogen and oxygen atoms in total. The summed E-state index contributed by atoms with van der Waals surface area (Å²) in [7, 11) is 5.87. The molecule has 0 spiro atoms. The van der Waals surface area contributed by atoms with Crippen molar-refractivity contribution < 1.29 is 0 Å². The quantitative estimate of drug-likeness (QED) is 0.732. The topological polar surface area (TPSA) is 36.1 Å². The van der Waals surface area contributed by atoms with Gasteiger partial charge < -0.3 is 5.32 Å². The van der Waals surface area contributed by atoms with Crippen LogP contribution in [0.1, 0.15) is 12.5 Å². The third-order valence-electron chi connectivity index (χ3n) is 3.92. The highest BCUT2D eigenvalue weighted by Gasteiger charge is 2.30. The lowest BCUT2D eigenvalue weighted by Gasteiger charge is -2.35. The molecule has 4 heteroatoms. The minimum atomic E-state index is -0.296. The highest BCUT2D eigenvalue weighted by molar-refractivity contribution is 9.10. The number of halogens is 1. The van der Waals surface area contributed by atoms with E-state index < -0.39 is 0 Å². The third-order valence-corrected chi connectivity index (χ3v) is 4.44. The van der Waals surface area contributed by atoms with Crippen LogP contribution in [0.2, 0.25) is 0 Å². The van der Waals surface area contributed by atoms with E-state index >= 15 is 0 Å². The van der Waals surface area contributed by atoms with Crippen LogP contribution in [0.4, 0.5) is 0 Å². The lowest BCUT2D eigenvalue weighted by Crippen LogP contribution is -2.54. The maximum Gasteiger partial charge on any atom is 0.112 e. The molecular formula is C17H22BrN3. The van der Waals surface area contributed by atoms with Gasteiger partial charge in [0.15, 0.2) is 0 Å². The van der Waals surface area contributed by atoms with E-state index in [0.717, 1.165) is 10.2 Å². The van der Waals surface area contributed by atoms with Crippen LogP contribution in [0.3, 0.4) is 0 Å². The first-order chi connectivity index (χ1) is 10.0. The summed E-state index contributed by atoms with van der Waals surface area (Å²) in [6, 6.07) is 8.32. The fourth-order valence-electron chi connectivity index (χ4n) is 2.58. The van der Waals surface area contributed by atoms with E-state index in [4.69, 9.17) is 0 Å². The lowest BCUT2D eigenvalue weighted by molar-refractivity contribution is 0.431. The number of nitrogens with one attached hydrogen (secondary N) is 3. The molecule has 0 radical (unpaired) electrons. The molecule has 0 heterocycles. The summed E-state index contributed by atoms with van der Waals surface area (Å²) < 4.78 is 1.09. The first-order valence-electron chi connectivity index (χ1n) is 6.99. The molecule has 0 fully saturated rings. The second-order valence-corrected chi connectivity index (χ2v) is 6.01. The van der Waals surface area contributed by atoms with E-state index in [-0.39, 0.29) is 5.66 Å².